The molecular weight excluding hydrogens is 444 g/mol. The summed E-state index contributed by atoms with van der Waals surface area (Å²) in [5.41, 5.74) is 0.0917. The summed E-state index contributed by atoms with van der Waals surface area (Å²) in [6.07, 6.45) is 0. The predicted octanol–water partition coefficient (Wildman–Crippen LogP) is 4.31. The minimum absolute atomic E-state index is 0.0218. The van der Waals surface area contributed by atoms with Gasteiger partial charge in [0, 0.05) is 17.3 Å². The minimum Gasteiger partial charge on any atom is -0.502 e. The molecule has 1 unspecified atom stereocenters. The summed E-state index contributed by atoms with van der Waals surface area (Å²) in [5.74, 6) is -1.42. The Balaban J connectivity index is 1.51. The van der Waals surface area contributed by atoms with E-state index in [1.54, 1.807) is 18.2 Å². The van der Waals surface area contributed by atoms with Crippen LogP contribution in [-0.4, -0.2) is 16.1 Å². The maximum Gasteiger partial charge on any atom is 0.235 e. The molecule has 0 bridgehead atoms. The van der Waals surface area contributed by atoms with Crippen LogP contribution in [0.4, 0.5) is 14.5 Å². The Morgan fingerprint density at radius 1 is 0.969 bits per heavy atom. The highest BCUT2D eigenvalue weighted by Gasteiger charge is 2.20. The third kappa shape index (κ3) is 3.44. The van der Waals surface area contributed by atoms with Crippen molar-refractivity contribution in [3.63, 3.8) is 0 Å². The lowest BCUT2D eigenvalue weighted by Gasteiger charge is -2.10. The number of nitrogens with one attached hydrogen (secondary N) is 1. The molecule has 0 saturated carbocycles. The van der Waals surface area contributed by atoms with Crippen molar-refractivity contribution in [1.29, 1.82) is 0 Å². The van der Waals surface area contributed by atoms with Gasteiger partial charge in [-0.25, -0.2) is 13.0 Å². The number of fused-ring (bicyclic) bond motifs is 2. The van der Waals surface area contributed by atoms with Crippen molar-refractivity contribution >= 4 is 27.6 Å². The molecule has 1 aromatic heterocycles. The molecule has 5 rings (SSSR count). The van der Waals surface area contributed by atoms with Gasteiger partial charge in [0.15, 0.2) is 28.2 Å². The number of hydrogen-bond donors (Lipinski definition) is 2. The first-order valence-electron chi connectivity index (χ1n) is 9.24. The highest BCUT2D eigenvalue weighted by molar-refractivity contribution is 7.86. The van der Waals surface area contributed by atoms with Crippen molar-refractivity contribution in [2.45, 2.75) is 4.90 Å². The number of benzene rings is 3. The second-order valence-electron chi connectivity index (χ2n) is 6.83. The van der Waals surface area contributed by atoms with Crippen LogP contribution in [0.1, 0.15) is 0 Å². The van der Waals surface area contributed by atoms with E-state index in [1.807, 2.05) is 0 Å². The van der Waals surface area contributed by atoms with Gasteiger partial charge in [-0.2, -0.15) is 0 Å². The van der Waals surface area contributed by atoms with Crippen LogP contribution in [0.5, 0.6) is 17.2 Å². The summed E-state index contributed by atoms with van der Waals surface area (Å²) in [4.78, 5) is 12.5. The Labute approximate surface area is 181 Å². The lowest BCUT2D eigenvalue weighted by molar-refractivity contribution is 0.174. The Hall–Kier alpha value is -3.92. The van der Waals surface area contributed by atoms with Gasteiger partial charge >= 0.3 is 0 Å². The van der Waals surface area contributed by atoms with Crippen molar-refractivity contribution in [1.82, 2.24) is 0 Å². The average molecular weight is 457 g/mol. The molecule has 1 atom stereocenters. The molecule has 0 amide bonds. The zero-order chi connectivity index (χ0) is 22.4. The number of aromatic hydroxyl groups is 1. The van der Waals surface area contributed by atoms with Crippen LogP contribution < -0.4 is 19.6 Å². The van der Waals surface area contributed by atoms with Gasteiger partial charge in [0.25, 0.3) is 0 Å². The van der Waals surface area contributed by atoms with Gasteiger partial charge in [0.05, 0.1) is 10.3 Å². The Morgan fingerprint density at radius 3 is 2.59 bits per heavy atom. The maximum absolute atomic E-state index is 13.9. The number of hydrogen-bond acceptors (Lipinski definition) is 6. The molecule has 32 heavy (non-hydrogen) atoms. The van der Waals surface area contributed by atoms with Crippen LogP contribution in [0.3, 0.4) is 0 Å². The molecule has 0 fully saturated rings. The number of ether oxygens (including phenoxy) is 2. The van der Waals surface area contributed by atoms with Crippen LogP contribution in [0, 0.1) is 11.6 Å². The van der Waals surface area contributed by atoms with Gasteiger partial charge < -0.3 is 23.7 Å². The quantitative estimate of drug-likeness (QED) is 0.474. The van der Waals surface area contributed by atoms with Gasteiger partial charge in [-0.15, -0.1) is 0 Å². The molecule has 0 radical (unpaired) electrons. The van der Waals surface area contributed by atoms with E-state index in [0.717, 1.165) is 12.1 Å². The number of halogens is 2. The molecule has 2 N–H and O–H groups in total. The monoisotopic (exact) mass is 457 g/mol. The standard InChI is InChI=1S/C22H13F2NO6S/c23-12-2-6-19(15(24)8-12)32(28)25-13-3-5-16-14(9-13)20(26)21(27)22(31-16)11-1-4-17-18(7-11)30-10-29-17/h1-9,25,27H,10H2. The molecule has 1 aliphatic heterocycles. The summed E-state index contributed by atoms with van der Waals surface area (Å²) < 4.78 is 58.2. The highest BCUT2D eigenvalue weighted by atomic mass is 32.2. The lowest BCUT2D eigenvalue weighted by atomic mass is 10.1. The van der Waals surface area contributed by atoms with E-state index in [9.17, 15) is 22.9 Å². The molecule has 162 valence electrons. The third-order valence-electron chi connectivity index (χ3n) is 4.81. The maximum atomic E-state index is 13.9. The van der Waals surface area contributed by atoms with Crippen LogP contribution in [0.25, 0.3) is 22.3 Å². The van der Waals surface area contributed by atoms with E-state index >= 15 is 0 Å². The zero-order valence-electron chi connectivity index (χ0n) is 16.1. The summed E-state index contributed by atoms with van der Waals surface area (Å²) >= 11 is 0. The van der Waals surface area contributed by atoms with Gasteiger partial charge in [-0.1, -0.05) is 0 Å². The van der Waals surface area contributed by atoms with Crippen LogP contribution in [0.2, 0.25) is 0 Å². The molecule has 7 nitrogen and oxygen atoms in total. The average Bonchev–Trinajstić information content (AvgIpc) is 3.24. The smallest absolute Gasteiger partial charge is 0.235 e. The van der Waals surface area contributed by atoms with E-state index < -0.39 is 33.8 Å². The van der Waals surface area contributed by atoms with Gasteiger partial charge in [-0.05, 0) is 48.5 Å². The first-order valence-corrected chi connectivity index (χ1v) is 10.4. The lowest BCUT2D eigenvalue weighted by Crippen LogP contribution is -2.08. The fourth-order valence-corrected chi connectivity index (χ4v) is 4.15. The molecule has 0 spiro atoms. The van der Waals surface area contributed by atoms with E-state index in [2.05, 4.69) is 4.72 Å². The topological polar surface area (TPSA) is 98.0 Å². The largest absolute Gasteiger partial charge is 0.502 e. The van der Waals surface area contributed by atoms with E-state index in [1.165, 1.54) is 18.2 Å². The summed E-state index contributed by atoms with van der Waals surface area (Å²) in [6, 6.07) is 11.8. The van der Waals surface area contributed by atoms with Gasteiger partial charge in [-0.3, -0.25) is 4.79 Å². The molecule has 2 heterocycles. The molecule has 0 aliphatic carbocycles. The second kappa shape index (κ2) is 7.65. The van der Waals surface area contributed by atoms with Crippen LogP contribution in [0.15, 0.2) is 68.7 Å². The first kappa shape index (κ1) is 20.0. The van der Waals surface area contributed by atoms with Gasteiger partial charge in [0.1, 0.15) is 17.2 Å². The second-order valence-corrected chi connectivity index (χ2v) is 8.01. The van der Waals surface area contributed by atoms with Gasteiger partial charge in [0.2, 0.25) is 18.0 Å². The minimum atomic E-state index is -2.06. The van der Waals surface area contributed by atoms with Crippen molar-refractivity contribution in [2.75, 3.05) is 11.5 Å². The Morgan fingerprint density at radius 2 is 1.78 bits per heavy atom. The summed E-state index contributed by atoms with van der Waals surface area (Å²) in [6.45, 7) is 0.0748. The predicted molar refractivity (Wildman–Crippen MR) is 112 cm³/mol. The number of rotatable bonds is 4. The highest BCUT2D eigenvalue weighted by Crippen LogP contribution is 2.38. The van der Waals surface area contributed by atoms with E-state index in [-0.39, 0.29) is 34.1 Å². The van der Waals surface area contributed by atoms with Crippen LogP contribution >= 0.6 is 0 Å². The molecule has 1 aliphatic rings. The van der Waals surface area contributed by atoms with Crippen molar-refractivity contribution in [3.8, 4) is 28.6 Å². The fourth-order valence-electron chi connectivity index (χ4n) is 3.27. The first-order chi connectivity index (χ1) is 15.4. The van der Waals surface area contributed by atoms with Crippen LogP contribution in [-0.2, 0) is 11.0 Å². The van der Waals surface area contributed by atoms with E-state index in [4.69, 9.17) is 13.9 Å². The fraction of sp³-hybridized carbons (Fsp3) is 0.0455. The Kier molecular flexibility index (Phi) is 4.78. The molecule has 4 aromatic rings. The van der Waals surface area contributed by atoms with Crippen molar-refractivity contribution < 1.29 is 32.0 Å². The molecule has 10 heteroatoms. The Bertz CT molecular complexity index is 1470. The molecule has 0 saturated heterocycles. The van der Waals surface area contributed by atoms with Crippen molar-refractivity contribution in [3.05, 3.63) is 76.5 Å². The zero-order valence-corrected chi connectivity index (χ0v) is 16.9. The third-order valence-corrected chi connectivity index (χ3v) is 5.96. The summed E-state index contributed by atoms with van der Waals surface area (Å²) in [7, 11) is -2.06. The van der Waals surface area contributed by atoms with Crippen molar-refractivity contribution in [2.24, 2.45) is 0 Å². The normalized spacial score (nSPS) is 13.3. The van der Waals surface area contributed by atoms with E-state index in [0.29, 0.717) is 23.1 Å². The molecule has 3 aromatic carbocycles. The number of anilines is 1. The SMILES string of the molecule is O=c1c(O)c(-c2ccc3c(c2)OCO3)oc2ccc(NS(=O)c3ccc(F)cc3F)cc12. The molecular formula is C22H13F2NO6S. The summed E-state index contributed by atoms with van der Waals surface area (Å²) in [5, 5.41) is 10.5.